The van der Waals surface area contributed by atoms with E-state index in [1.54, 1.807) is 0 Å². The predicted octanol–water partition coefficient (Wildman–Crippen LogP) is 3.08. The van der Waals surface area contributed by atoms with Crippen LogP contribution >= 0.6 is 15.9 Å². The van der Waals surface area contributed by atoms with Crippen LogP contribution in [-0.2, 0) is 4.74 Å². The molecule has 1 aromatic rings. The van der Waals surface area contributed by atoms with Gasteiger partial charge in [-0.2, -0.15) is 5.26 Å². The molecule has 0 bridgehead atoms. The first-order valence-electron chi connectivity index (χ1n) is 6.37. The highest BCUT2D eigenvalue weighted by Crippen LogP contribution is 2.34. The molecule has 1 aliphatic heterocycles. The zero-order chi connectivity index (χ0) is 12.5. The molecular formula is C14H15BrN2O. The maximum Gasteiger partial charge on any atom is 0.0992 e. The SMILES string of the molecule is N#Cc1cc(Br)cc(N2CCOC3CCCC32)c1. The fourth-order valence-electron chi connectivity index (χ4n) is 3.05. The molecule has 94 valence electrons. The Labute approximate surface area is 115 Å². The van der Waals surface area contributed by atoms with Crippen LogP contribution in [0.25, 0.3) is 0 Å². The van der Waals surface area contributed by atoms with Crippen molar-refractivity contribution < 1.29 is 4.74 Å². The maximum atomic E-state index is 9.06. The molecule has 18 heavy (non-hydrogen) atoms. The fraction of sp³-hybridized carbons (Fsp3) is 0.500. The van der Waals surface area contributed by atoms with Crippen molar-refractivity contribution in [3.8, 4) is 6.07 Å². The monoisotopic (exact) mass is 306 g/mol. The van der Waals surface area contributed by atoms with Crippen molar-refractivity contribution in [2.75, 3.05) is 18.1 Å². The number of morpholine rings is 1. The van der Waals surface area contributed by atoms with Crippen molar-refractivity contribution in [3.05, 3.63) is 28.2 Å². The summed E-state index contributed by atoms with van der Waals surface area (Å²) in [5.41, 5.74) is 1.85. The van der Waals surface area contributed by atoms with E-state index in [1.807, 2.05) is 12.1 Å². The second-order valence-corrected chi connectivity index (χ2v) is 5.83. The average Bonchev–Trinajstić information content (AvgIpc) is 2.85. The van der Waals surface area contributed by atoms with Gasteiger partial charge >= 0.3 is 0 Å². The highest BCUT2D eigenvalue weighted by molar-refractivity contribution is 9.10. The Morgan fingerprint density at radius 3 is 3.06 bits per heavy atom. The van der Waals surface area contributed by atoms with E-state index >= 15 is 0 Å². The fourth-order valence-corrected chi connectivity index (χ4v) is 3.53. The lowest BCUT2D eigenvalue weighted by molar-refractivity contribution is 0.0256. The third-order valence-electron chi connectivity index (χ3n) is 3.83. The van der Waals surface area contributed by atoms with Crippen molar-refractivity contribution in [1.82, 2.24) is 0 Å². The van der Waals surface area contributed by atoms with Crippen molar-refractivity contribution in [2.45, 2.75) is 31.4 Å². The number of benzene rings is 1. The molecule has 0 spiro atoms. The van der Waals surface area contributed by atoms with Gasteiger partial charge in [0.25, 0.3) is 0 Å². The first-order chi connectivity index (χ1) is 8.78. The molecule has 1 aliphatic carbocycles. The Balaban J connectivity index is 1.94. The van der Waals surface area contributed by atoms with Crippen LogP contribution in [0.2, 0.25) is 0 Å². The quantitative estimate of drug-likeness (QED) is 0.800. The smallest absolute Gasteiger partial charge is 0.0992 e. The number of rotatable bonds is 1. The minimum atomic E-state index is 0.378. The first-order valence-corrected chi connectivity index (χ1v) is 7.16. The van der Waals surface area contributed by atoms with Crippen molar-refractivity contribution in [1.29, 1.82) is 5.26 Å². The van der Waals surface area contributed by atoms with Gasteiger partial charge in [0.15, 0.2) is 0 Å². The molecule has 3 nitrogen and oxygen atoms in total. The third kappa shape index (κ3) is 2.13. The van der Waals surface area contributed by atoms with Gasteiger partial charge in [0.2, 0.25) is 0 Å². The van der Waals surface area contributed by atoms with Crippen molar-refractivity contribution >= 4 is 21.6 Å². The Kier molecular flexibility index (Phi) is 3.27. The van der Waals surface area contributed by atoms with Gasteiger partial charge in [0, 0.05) is 16.7 Å². The number of nitriles is 1. The van der Waals surface area contributed by atoms with Crippen LogP contribution in [0.5, 0.6) is 0 Å². The number of anilines is 1. The van der Waals surface area contributed by atoms with E-state index in [9.17, 15) is 0 Å². The standard InChI is InChI=1S/C14H15BrN2O/c15-11-6-10(9-16)7-12(8-11)17-4-5-18-14-3-1-2-13(14)17/h6-8,13-14H,1-5H2. The number of ether oxygens (including phenoxy) is 1. The molecule has 0 N–H and O–H groups in total. The normalized spacial score (nSPS) is 26.8. The van der Waals surface area contributed by atoms with E-state index in [1.165, 1.54) is 19.3 Å². The number of hydrogen-bond donors (Lipinski definition) is 0. The zero-order valence-corrected chi connectivity index (χ0v) is 11.7. The van der Waals surface area contributed by atoms with Crippen molar-refractivity contribution in [3.63, 3.8) is 0 Å². The lowest BCUT2D eigenvalue weighted by atomic mass is 10.1. The molecule has 0 aromatic heterocycles. The molecule has 1 saturated heterocycles. The molecule has 0 amide bonds. The summed E-state index contributed by atoms with van der Waals surface area (Å²) in [5, 5.41) is 9.06. The molecule has 2 aliphatic rings. The van der Waals surface area contributed by atoms with Crippen LogP contribution in [0.1, 0.15) is 24.8 Å². The lowest BCUT2D eigenvalue weighted by Gasteiger charge is -2.39. The average molecular weight is 307 g/mol. The number of halogens is 1. The summed E-state index contributed by atoms with van der Waals surface area (Å²) >= 11 is 3.48. The summed E-state index contributed by atoms with van der Waals surface area (Å²) in [6.07, 6.45) is 3.98. The minimum absolute atomic E-state index is 0.378. The number of nitrogens with zero attached hydrogens (tertiary/aromatic N) is 2. The van der Waals surface area contributed by atoms with Gasteiger partial charge in [-0.1, -0.05) is 15.9 Å². The maximum absolute atomic E-state index is 9.06. The zero-order valence-electron chi connectivity index (χ0n) is 10.1. The summed E-state index contributed by atoms with van der Waals surface area (Å²) in [6.45, 7) is 1.71. The number of fused-ring (bicyclic) bond motifs is 1. The van der Waals surface area contributed by atoms with Crippen molar-refractivity contribution in [2.24, 2.45) is 0 Å². The molecule has 3 rings (SSSR count). The van der Waals surface area contributed by atoms with Gasteiger partial charge in [0.1, 0.15) is 0 Å². The molecule has 1 aromatic carbocycles. The molecular weight excluding hydrogens is 292 g/mol. The molecule has 2 unspecified atom stereocenters. The van der Waals surface area contributed by atoms with Crippen LogP contribution in [-0.4, -0.2) is 25.3 Å². The number of hydrogen-bond acceptors (Lipinski definition) is 3. The predicted molar refractivity (Wildman–Crippen MR) is 73.6 cm³/mol. The highest BCUT2D eigenvalue weighted by Gasteiger charge is 2.36. The Bertz CT molecular complexity index is 497. The van der Waals surface area contributed by atoms with Gasteiger partial charge in [-0.15, -0.1) is 0 Å². The summed E-state index contributed by atoms with van der Waals surface area (Å²) < 4.78 is 6.79. The van der Waals surface area contributed by atoms with Gasteiger partial charge < -0.3 is 9.64 Å². The van der Waals surface area contributed by atoms with Crippen LogP contribution in [0.4, 0.5) is 5.69 Å². The topological polar surface area (TPSA) is 36.3 Å². The summed E-state index contributed by atoms with van der Waals surface area (Å²) in [7, 11) is 0. The van der Waals surface area contributed by atoms with E-state index in [0.29, 0.717) is 17.7 Å². The third-order valence-corrected chi connectivity index (χ3v) is 4.28. The van der Waals surface area contributed by atoms with E-state index in [0.717, 1.165) is 23.3 Å². The Morgan fingerprint density at radius 2 is 2.22 bits per heavy atom. The van der Waals surface area contributed by atoms with Gasteiger partial charge in [-0.25, -0.2) is 0 Å². The van der Waals surface area contributed by atoms with Crippen LogP contribution in [0.15, 0.2) is 22.7 Å². The molecule has 0 radical (unpaired) electrons. The molecule has 4 heteroatoms. The largest absolute Gasteiger partial charge is 0.374 e. The molecule has 2 fully saturated rings. The molecule has 1 heterocycles. The molecule has 1 saturated carbocycles. The summed E-state index contributed by atoms with van der Waals surface area (Å²) in [6, 6.07) is 8.64. The highest BCUT2D eigenvalue weighted by atomic mass is 79.9. The van der Waals surface area contributed by atoms with Crippen LogP contribution in [0, 0.1) is 11.3 Å². The first kappa shape index (κ1) is 12.0. The summed E-state index contributed by atoms with van der Waals surface area (Å²) in [4.78, 5) is 2.41. The lowest BCUT2D eigenvalue weighted by Crippen LogP contribution is -2.48. The van der Waals surface area contributed by atoms with E-state index in [2.05, 4.69) is 33.0 Å². The summed E-state index contributed by atoms with van der Waals surface area (Å²) in [5.74, 6) is 0. The minimum Gasteiger partial charge on any atom is -0.374 e. The van der Waals surface area contributed by atoms with Crippen LogP contribution in [0.3, 0.4) is 0 Å². The van der Waals surface area contributed by atoms with Crippen LogP contribution < -0.4 is 4.90 Å². The van der Waals surface area contributed by atoms with Gasteiger partial charge in [-0.05, 0) is 37.5 Å². The Morgan fingerprint density at radius 1 is 1.33 bits per heavy atom. The molecule has 2 atom stereocenters. The van der Waals surface area contributed by atoms with E-state index in [4.69, 9.17) is 10.00 Å². The van der Waals surface area contributed by atoms with Gasteiger partial charge in [-0.3, -0.25) is 0 Å². The van der Waals surface area contributed by atoms with E-state index in [-0.39, 0.29) is 0 Å². The second kappa shape index (κ2) is 4.91. The van der Waals surface area contributed by atoms with E-state index < -0.39 is 0 Å². The Hall–Kier alpha value is -1.05. The van der Waals surface area contributed by atoms with Gasteiger partial charge in [0.05, 0.1) is 30.4 Å². The second-order valence-electron chi connectivity index (χ2n) is 4.91.